The van der Waals surface area contributed by atoms with Gasteiger partial charge in [0.15, 0.2) is 5.82 Å². The van der Waals surface area contributed by atoms with Gasteiger partial charge in [-0.3, -0.25) is 0 Å². The molecule has 0 radical (unpaired) electrons. The summed E-state index contributed by atoms with van der Waals surface area (Å²) in [6.45, 7) is 3.44. The molecule has 0 atom stereocenters. The van der Waals surface area contributed by atoms with Crippen LogP contribution in [0.1, 0.15) is 5.82 Å². The molecule has 0 amide bonds. The molecule has 0 aliphatic heterocycles. The first-order chi connectivity index (χ1) is 4.24. The zero-order valence-corrected chi connectivity index (χ0v) is 5.07. The molecule has 0 spiro atoms. The van der Waals surface area contributed by atoms with Crippen molar-refractivity contribution in [3.63, 3.8) is 0 Å². The van der Waals surface area contributed by atoms with Crippen LogP contribution in [-0.2, 0) is 7.05 Å². The fraction of sp³-hybridized carbons (Fsp3) is 0.200. The number of hydrogen-bond acceptors (Lipinski definition) is 3. The summed E-state index contributed by atoms with van der Waals surface area (Å²) in [5.74, 6) is 0.440. The number of rotatable bonds is 1. The summed E-state index contributed by atoms with van der Waals surface area (Å²) in [7, 11) is 1.61. The molecule has 1 aromatic rings. The van der Waals surface area contributed by atoms with E-state index < -0.39 is 0 Å². The maximum absolute atomic E-state index is 8.81. The average molecular weight is 125 g/mol. The van der Waals surface area contributed by atoms with Crippen molar-refractivity contribution in [3.8, 4) is 6.01 Å². The van der Waals surface area contributed by atoms with Crippen LogP contribution in [0.5, 0.6) is 6.01 Å². The lowest BCUT2D eigenvalue weighted by Crippen LogP contribution is -1.88. The monoisotopic (exact) mass is 125 g/mol. The van der Waals surface area contributed by atoms with Crippen LogP contribution in [0.25, 0.3) is 6.08 Å². The summed E-state index contributed by atoms with van der Waals surface area (Å²) in [5, 5.41) is 12.6. The lowest BCUT2D eigenvalue weighted by Gasteiger charge is -1.83. The fourth-order valence-corrected chi connectivity index (χ4v) is 0.482. The smallest absolute Gasteiger partial charge is 0.312 e. The zero-order chi connectivity index (χ0) is 6.85. The van der Waals surface area contributed by atoms with E-state index in [0.717, 1.165) is 0 Å². The number of nitrogens with zero attached hydrogens (tertiary/aromatic N) is 3. The first-order valence-electron chi connectivity index (χ1n) is 2.46. The molecule has 0 aliphatic rings. The van der Waals surface area contributed by atoms with Gasteiger partial charge in [0.2, 0.25) is 0 Å². The first-order valence-corrected chi connectivity index (χ1v) is 2.46. The lowest BCUT2D eigenvalue weighted by molar-refractivity contribution is 0.402. The second kappa shape index (κ2) is 1.89. The quantitative estimate of drug-likeness (QED) is 0.581. The molecule has 1 heterocycles. The highest BCUT2D eigenvalue weighted by molar-refractivity contribution is 5.35. The van der Waals surface area contributed by atoms with Crippen LogP contribution < -0.4 is 0 Å². The van der Waals surface area contributed by atoms with Gasteiger partial charge >= 0.3 is 6.01 Å². The van der Waals surface area contributed by atoms with Crippen LogP contribution in [0.15, 0.2) is 6.58 Å². The van der Waals surface area contributed by atoms with E-state index in [1.165, 1.54) is 10.8 Å². The molecule has 0 aliphatic carbocycles. The highest BCUT2D eigenvalue weighted by atomic mass is 16.3. The molecule has 1 rings (SSSR count). The first kappa shape index (κ1) is 5.81. The highest BCUT2D eigenvalue weighted by Crippen LogP contribution is 2.01. The van der Waals surface area contributed by atoms with Gasteiger partial charge in [-0.15, -0.1) is 5.10 Å². The maximum Gasteiger partial charge on any atom is 0.312 e. The van der Waals surface area contributed by atoms with Gasteiger partial charge in [0.25, 0.3) is 0 Å². The van der Waals surface area contributed by atoms with Crippen molar-refractivity contribution in [1.82, 2.24) is 14.8 Å². The van der Waals surface area contributed by atoms with Crippen LogP contribution >= 0.6 is 0 Å². The number of aromatic hydroxyl groups is 1. The third-order valence-corrected chi connectivity index (χ3v) is 0.939. The Morgan fingerprint density at radius 3 is 2.67 bits per heavy atom. The molecule has 0 unspecified atom stereocenters. The second-order valence-electron chi connectivity index (χ2n) is 1.60. The highest BCUT2D eigenvalue weighted by Gasteiger charge is 1.98. The van der Waals surface area contributed by atoms with Crippen LogP contribution in [0, 0.1) is 0 Å². The number of aryl methyl sites for hydroxylation is 1. The fourth-order valence-electron chi connectivity index (χ4n) is 0.482. The minimum atomic E-state index is -0.0927. The van der Waals surface area contributed by atoms with Crippen molar-refractivity contribution in [2.75, 3.05) is 0 Å². The predicted molar refractivity (Wildman–Crippen MR) is 32.8 cm³/mol. The van der Waals surface area contributed by atoms with E-state index in [4.69, 9.17) is 5.11 Å². The number of hydrogen-bond donors (Lipinski definition) is 1. The van der Waals surface area contributed by atoms with Crippen molar-refractivity contribution in [2.45, 2.75) is 0 Å². The summed E-state index contributed by atoms with van der Waals surface area (Å²) in [6, 6.07) is -0.0927. The van der Waals surface area contributed by atoms with Crippen molar-refractivity contribution in [2.24, 2.45) is 7.05 Å². The molecule has 48 valence electrons. The Morgan fingerprint density at radius 2 is 2.44 bits per heavy atom. The normalized spacial score (nSPS) is 9.44. The third-order valence-electron chi connectivity index (χ3n) is 0.939. The van der Waals surface area contributed by atoms with E-state index in [1.807, 2.05) is 0 Å². The summed E-state index contributed by atoms with van der Waals surface area (Å²) >= 11 is 0. The van der Waals surface area contributed by atoms with Gasteiger partial charge in [-0.1, -0.05) is 6.58 Å². The van der Waals surface area contributed by atoms with Gasteiger partial charge in [0.05, 0.1) is 0 Å². The van der Waals surface area contributed by atoms with Gasteiger partial charge in [0, 0.05) is 7.05 Å². The summed E-state index contributed by atoms with van der Waals surface area (Å²) in [5.41, 5.74) is 0. The molecular formula is C5H7N3O. The maximum atomic E-state index is 8.81. The van der Waals surface area contributed by atoms with Gasteiger partial charge < -0.3 is 5.11 Å². The Morgan fingerprint density at radius 1 is 1.78 bits per heavy atom. The van der Waals surface area contributed by atoms with E-state index in [2.05, 4.69) is 16.7 Å². The Balaban J connectivity index is 3.11. The summed E-state index contributed by atoms with van der Waals surface area (Å²) in [6.07, 6.45) is 1.47. The molecule has 0 aromatic carbocycles. The van der Waals surface area contributed by atoms with Gasteiger partial charge in [-0.25, -0.2) is 4.68 Å². The summed E-state index contributed by atoms with van der Waals surface area (Å²) < 4.78 is 1.27. The molecule has 1 aromatic heterocycles. The molecule has 1 N–H and O–H groups in total. The van der Waals surface area contributed by atoms with E-state index >= 15 is 0 Å². The molecular weight excluding hydrogens is 118 g/mol. The summed E-state index contributed by atoms with van der Waals surface area (Å²) in [4.78, 5) is 3.62. The van der Waals surface area contributed by atoms with Crippen LogP contribution in [0.2, 0.25) is 0 Å². The minimum absolute atomic E-state index is 0.0927. The molecule has 4 heteroatoms. The Bertz CT molecular complexity index is 209. The zero-order valence-electron chi connectivity index (χ0n) is 5.07. The van der Waals surface area contributed by atoms with Crippen molar-refractivity contribution < 1.29 is 5.11 Å². The Kier molecular flexibility index (Phi) is 1.22. The average Bonchev–Trinajstić information content (AvgIpc) is 2.13. The van der Waals surface area contributed by atoms with Crippen LogP contribution in [0.3, 0.4) is 0 Å². The minimum Gasteiger partial charge on any atom is -0.479 e. The molecule has 0 saturated heterocycles. The second-order valence-corrected chi connectivity index (χ2v) is 1.60. The van der Waals surface area contributed by atoms with E-state index in [9.17, 15) is 0 Å². The largest absolute Gasteiger partial charge is 0.479 e. The number of aromatic nitrogens is 3. The van der Waals surface area contributed by atoms with Crippen molar-refractivity contribution >= 4 is 6.08 Å². The molecule has 4 nitrogen and oxygen atoms in total. The van der Waals surface area contributed by atoms with Gasteiger partial charge in [0.1, 0.15) is 0 Å². The Hall–Kier alpha value is -1.32. The molecule has 9 heavy (non-hydrogen) atoms. The van der Waals surface area contributed by atoms with Gasteiger partial charge in [-0.05, 0) is 6.08 Å². The molecule has 0 fully saturated rings. The SMILES string of the molecule is C=Cc1nc(O)n(C)n1. The third kappa shape index (κ3) is 0.910. The van der Waals surface area contributed by atoms with E-state index in [0.29, 0.717) is 5.82 Å². The van der Waals surface area contributed by atoms with Crippen molar-refractivity contribution in [1.29, 1.82) is 0 Å². The van der Waals surface area contributed by atoms with Crippen LogP contribution in [-0.4, -0.2) is 19.9 Å². The lowest BCUT2D eigenvalue weighted by atomic mass is 10.6. The molecule has 0 saturated carbocycles. The van der Waals surface area contributed by atoms with Crippen molar-refractivity contribution in [3.05, 3.63) is 12.4 Å². The van der Waals surface area contributed by atoms with E-state index in [-0.39, 0.29) is 6.01 Å². The van der Waals surface area contributed by atoms with Crippen LogP contribution in [0.4, 0.5) is 0 Å². The molecule has 0 bridgehead atoms. The Labute approximate surface area is 52.5 Å². The van der Waals surface area contributed by atoms with E-state index in [1.54, 1.807) is 7.05 Å². The standard InChI is InChI=1S/C5H7N3O/c1-3-4-6-5(9)8(2)7-4/h3H,1H2,2H3,(H,6,7,9). The predicted octanol–water partition coefficient (Wildman–Crippen LogP) is 0.164. The van der Waals surface area contributed by atoms with Gasteiger partial charge in [-0.2, -0.15) is 4.98 Å². The topological polar surface area (TPSA) is 50.9 Å².